The maximum Gasteiger partial charge on any atom is 0.254 e. The second kappa shape index (κ2) is 9.27. The van der Waals surface area contributed by atoms with E-state index in [1.165, 1.54) is 48.2 Å². The molecule has 1 aliphatic heterocycles. The zero-order valence-corrected chi connectivity index (χ0v) is 18.5. The zero-order valence-electron chi connectivity index (χ0n) is 17.7. The summed E-state index contributed by atoms with van der Waals surface area (Å²) >= 11 is 1.44. The van der Waals surface area contributed by atoms with Crippen LogP contribution >= 0.6 is 11.3 Å². The monoisotopic (exact) mass is 427 g/mol. The van der Waals surface area contributed by atoms with E-state index >= 15 is 0 Å². The van der Waals surface area contributed by atoms with E-state index < -0.39 is 0 Å². The minimum absolute atomic E-state index is 0.0368. The number of amides is 2. The number of carbonyl (C=O) groups is 2. The Hall–Kier alpha value is -2.25. The SMILES string of the molecule is COCC(=O)N(C)c1nc(-c2ccc3c(c2)CCCN3C(=O)C2CCCCC2)cs1. The first-order valence-corrected chi connectivity index (χ1v) is 11.6. The van der Waals surface area contributed by atoms with Crippen LogP contribution in [0.15, 0.2) is 23.6 Å². The molecule has 1 aliphatic carbocycles. The Bertz CT molecular complexity index is 920. The summed E-state index contributed by atoms with van der Waals surface area (Å²) in [4.78, 5) is 33.4. The van der Waals surface area contributed by atoms with Crippen molar-refractivity contribution in [2.24, 2.45) is 5.92 Å². The predicted molar refractivity (Wildman–Crippen MR) is 120 cm³/mol. The van der Waals surface area contributed by atoms with E-state index in [1.54, 1.807) is 7.05 Å². The fourth-order valence-corrected chi connectivity index (χ4v) is 5.25. The number of benzene rings is 1. The van der Waals surface area contributed by atoms with Crippen LogP contribution in [0.1, 0.15) is 44.1 Å². The molecular formula is C23H29N3O3S. The van der Waals surface area contributed by atoms with Crippen molar-refractivity contribution in [3.63, 3.8) is 0 Å². The normalized spacial score (nSPS) is 16.9. The molecule has 160 valence electrons. The first-order chi connectivity index (χ1) is 14.6. The number of carbonyl (C=O) groups excluding carboxylic acids is 2. The molecule has 1 aromatic heterocycles. The molecule has 0 unspecified atom stereocenters. The molecular weight excluding hydrogens is 398 g/mol. The van der Waals surface area contributed by atoms with Crippen molar-refractivity contribution in [3.05, 3.63) is 29.1 Å². The lowest BCUT2D eigenvalue weighted by Crippen LogP contribution is -2.40. The lowest BCUT2D eigenvalue weighted by Gasteiger charge is -2.33. The highest BCUT2D eigenvalue weighted by molar-refractivity contribution is 7.14. The highest BCUT2D eigenvalue weighted by atomic mass is 32.1. The van der Waals surface area contributed by atoms with Crippen LogP contribution in [0.2, 0.25) is 0 Å². The van der Waals surface area contributed by atoms with Crippen molar-refractivity contribution in [2.75, 3.05) is 37.1 Å². The molecule has 2 amide bonds. The number of fused-ring (bicyclic) bond motifs is 1. The third kappa shape index (κ3) is 4.27. The van der Waals surface area contributed by atoms with Crippen LogP contribution in [0.5, 0.6) is 0 Å². The molecule has 30 heavy (non-hydrogen) atoms. The molecule has 2 heterocycles. The molecule has 0 radical (unpaired) electrons. The second-order valence-corrected chi connectivity index (χ2v) is 9.01. The molecule has 1 fully saturated rings. The van der Waals surface area contributed by atoms with Gasteiger partial charge in [0.25, 0.3) is 5.91 Å². The zero-order chi connectivity index (χ0) is 21.1. The minimum Gasteiger partial charge on any atom is -0.375 e. The van der Waals surface area contributed by atoms with Crippen LogP contribution in [0.25, 0.3) is 11.3 Å². The first kappa shape index (κ1) is 21.0. The van der Waals surface area contributed by atoms with Crippen molar-refractivity contribution in [2.45, 2.75) is 44.9 Å². The van der Waals surface area contributed by atoms with Gasteiger partial charge in [0, 0.05) is 43.3 Å². The van der Waals surface area contributed by atoms with E-state index in [4.69, 9.17) is 4.74 Å². The van der Waals surface area contributed by atoms with Gasteiger partial charge in [0.05, 0.1) is 5.69 Å². The summed E-state index contributed by atoms with van der Waals surface area (Å²) in [5.74, 6) is 0.365. The maximum absolute atomic E-state index is 13.1. The minimum atomic E-state index is -0.124. The average Bonchev–Trinajstić information content (AvgIpc) is 3.28. The highest BCUT2D eigenvalue weighted by Crippen LogP contribution is 2.35. The number of anilines is 2. The topological polar surface area (TPSA) is 62.7 Å². The Morgan fingerprint density at radius 1 is 1.23 bits per heavy atom. The number of aromatic nitrogens is 1. The molecule has 1 aromatic carbocycles. The highest BCUT2D eigenvalue weighted by Gasteiger charge is 2.29. The summed E-state index contributed by atoms with van der Waals surface area (Å²) in [5, 5.41) is 2.63. The van der Waals surface area contributed by atoms with Crippen molar-refractivity contribution in [1.29, 1.82) is 0 Å². The third-order valence-corrected chi connectivity index (χ3v) is 7.05. The van der Waals surface area contributed by atoms with Crippen LogP contribution in [-0.4, -0.2) is 44.1 Å². The largest absolute Gasteiger partial charge is 0.375 e. The van der Waals surface area contributed by atoms with Gasteiger partial charge in [-0.15, -0.1) is 11.3 Å². The smallest absolute Gasteiger partial charge is 0.254 e. The lowest BCUT2D eigenvalue weighted by atomic mass is 9.87. The summed E-state index contributed by atoms with van der Waals surface area (Å²) in [7, 11) is 3.22. The van der Waals surface area contributed by atoms with Gasteiger partial charge in [-0.3, -0.25) is 14.5 Å². The first-order valence-electron chi connectivity index (χ1n) is 10.7. The van der Waals surface area contributed by atoms with E-state index in [0.29, 0.717) is 11.0 Å². The van der Waals surface area contributed by atoms with Gasteiger partial charge in [-0.1, -0.05) is 25.3 Å². The molecule has 7 heteroatoms. The van der Waals surface area contributed by atoms with Crippen LogP contribution in [0, 0.1) is 5.92 Å². The summed E-state index contributed by atoms with van der Waals surface area (Å²) in [6.07, 6.45) is 7.62. The lowest BCUT2D eigenvalue weighted by molar-refractivity contribution is -0.123. The number of methoxy groups -OCH3 is 1. The van der Waals surface area contributed by atoms with E-state index in [2.05, 4.69) is 17.1 Å². The van der Waals surface area contributed by atoms with E-state index in [1.807, 2.05) is 16.3 Å². The maximum atomic E-state index is 13.1. The number of thiazole rings is 1. The third-order valence-electron chi connectivity index (χ3n) is 6.14. The Kier molecular flexibility index (Phi) is 6.49. The molecule has 0 bridgehead atoms. The molecule has 4 rings (SSSR count). The van der Waals surface area contributed by atoms with Gasteiger partial charge in [-0.2, -0.15) is 0 Å². The van der Waals surface area contributed by atoms with Gasteiger partial charge < -0.3 is 9.64 Å². The van der Waals surface area contributed by atoms with Crippen molar-refractivity contribution < 1.29 is 14.3 Å². The van der Waals surface area contributed by atoms with Crippen LogP contribution < -0.4 is 9.80 Å². The van der Waals surface area contributed by atoms with Gasteiger partial charge >= 0.3 is 0 Å². The van der Waals surface area contributed by atoms with Crippen LogP contribution in [-0.2, 0) is 20.7 Å². The van der Waals surface area contributed by atoms with Crippen molar-refractivity contribution in [3.8, 4) is 11.3 Å². The molecule has 2 aromatic rings. The van der Waals surface area contributed by atoms with Crippen LogP contribution in [0.4, 0.5) is 10.8 Å². The molecule has 1 saturated carbocycles. The Balaban J connectivity index is 1.54. The van der Waals surface area contributed by atoms with Crippen LogP contribution in [0.3, 0.4) is 0 Å². The molecule has 0 N–H and O–H groups in total. The quantitative estimate of drug-likeness (QED) is 0.715. The van der Waals surface area contributed by atoms with Crippen molar-refractivity contribution >= 4 is 34.0 Å². The fourth-order valence-electron chi connectivity index (χ4n) is 4.43. The number of hydrogen-bond acceptors (Lipinski definition) is 5. The molecule has 0 saturated heterocycles. The number of ether oxygens (including phenoxy) is 1. The standard InChI is InChI=1S/C23H29N3O3S/c1-25(21(27)14-29-2)23-24-19(15-30-23)17-10-11-20-18(13-17)9-6-12-26(20)22(28)16-7-4-3-5-8-16/h10-11,13,15-16H,3-9,12,14H2,1-2H3. The number of rotatable bonds is 5. The van der Waals surface area contributed by atoms with E-state index in [0.717, 1.165) is 49.2 Å². The molecule has 0 spiro atoms. The Labute approximate surface area is 181 Å². The Morgan fingerprint density at radius 3 is 2.80 bits per heavy atom. The molecule has 0 atom stereocenters. The Morgan fingerprint density at radius 2 is 2.03 bits per heavy atom. The van der Waals surface area contributed by atoms with E-state index in [-0.39, 0.29) is 18.4 Å². The molecule has 6 nitrogen and oxygen atoms in total. The number of likely N-dealkylation sites (N-methyl/N-ethyl adjacent to an activating group) is 1. The molecule has 2 aliphatic rings. The summed E-state index contributed by atoms with van der Waals surface area (Å²) < 4.78 is 4.93. The predicted octanol–water partition coefficient (Wildman–Crippen LogP) is 4.28. The summed E-state index contributed by atoms with van der Waals surface area (Å²) in [6, 6.07) is 6.27. The fraction of sp³-hybridized carbons (Fsp3) is 0.522. The van der Waals surface area contributed by atoms with Gasteiger partial charge in [-0.25, -0.2) is 4.98 Å². The summed E-state index contributed by atoms with van der Waals surface area (Å²) in [6.45, 7) is 0.851. The average molecular weight is 428 g/mol. The van der Waals surface area contributed by atoms with Gasteiger partial charge in [0.2, 0.25) is 5.91 Å². The number of aryl methyl sites for hydroxylation is 1. The van der Waals surface area contributed by atoms with Gasteiger partial charge in [-0.05, 0) is 43.4 Å². The van der Waals surface area contributed by atoms with Gasteiger partial charge in [0.1, 0.15) is 6.61 Å². The number of hydrogen-bond donors (Lipinski definition) is 0. The summed E-state index contributed by atoms with van der Waals surface area (Å²) in [5.41, 5.74) is 4.14. The van der Waals surface area contributed by atoms with Crippen molar-refractivity contribution in [1.82, 2.24) is 4.98 Å². The van der Waals surface area contributed by atoms with Gasteiger partial charge in [0.15, 0.2) is 5.13 Å². The number of nitrogens with zero attached hydrogens (tertiary/aromatic N) is 3. The second-order valence-electron chi connectivity index (χ2n) is 8.17. The van der Waals surface area contributed by atoms with E-state index in [9.17, 15) is 9.59 Å².